The molecule has 0 spiro atoms. The van der Waals surface area contributed by atoms with E-state index in [2.05, 4.69) is 13.8 Å². The summed E-state index contributed by atoms with van der Waals surface area (Å²) in [5, 5.41) is 8.57. The lowest BCUT2D eigenvalue weighted by molar-refractivity contribution is -0.118. The smallest absolute Gasteiger partial charge is 0.146 e. The average molecular weight is 286 g/mol. The van der Waals surface area contributed by atoms with E-state index < -0.39 is 0 Å². The van der Waals surface area contributed by atoms with Crippen LogP contribution in [0.15, 0.2) is 0 Å². The number of carbonyl (C=O) groups is 1. The lowest BCUT2D eigenvalue weighted by atomic mass is 10.0. The second-order valence-corrected chi connectivity index (χ2v) is 7.13. The predicted octanol–water partition coefficient (Wildman–Crippen LogP) is 3.79. The molecule has 0 amide bonds. The molecule has 0 rings (SSSR count). The Kier molecular flexibility index (Phi) is 11.3. The van der Waals surface area contributed by atoms with Crippen LogP contribution in [0.2, 0.25) is 0 Å². The Hall–Kier alpha value is -0.350. The van der Waals surface area contributed by atoms with Crippen LogP contribution in [0.25, 0.3) is 0 Å². The maximum absolute atomic E-state index is 10.9. The Morgan fingerprint density at radius 1 is 1.16 bits per heavy atom. The Balaban J connectivity index is 3.36. The molecule has 19 heavy (non-hydrogen) atoms. The van der Waals surface area contributed by atoms with E-state index in [1.165, 1.54) is 0 Å². The number of nitrogens with one attached hydrogen (secondary N) is 1. The van der Waals surface area contributed by atoms with Gasteiger partial charge in [0.15, 0.2) is 0 Å². The van der Waals surface area contributed by atoms with Gasteiger partial charge in [-0.25, -0.2) is 0 Å². The van der Waals surface area contributed by atoms with Gasteiger partial charge >= 0.3 is 0 Å². The molecular formula is C15H30N2OS. The minimum absolute atomic E-state index is 0.0791. The van der Waals surface area contributed by atoms with Crippen molar-refractivity contribution >= 4 is 23.3 Å². The SMILES string of the molecule is CC(=O)[C@@H](N)CCCCCC(=N)CCCSC(C)C. The third-order valence-electron chi connectivity index (χ3n) is 3.09. The lowest BCUT2D eigenvalue weighted by Gasteiger charge is -2.08. The molecule has 0 unspecified atom stereocenters. The topological polar surface area (TPSA) is 66.9 Å². The number of ketones is 1. The summed E-state index contributed by atoms with van der Waals surface area (Å²) < 4.78 is 0. The molecule has 0 aromatic heterocycles. The van der Waals surface area contributed by atoms with Gasteiger partial charge in [-0.3, -0.25) is 4.79 Å². The molecule has 0 saturated heterocycles. The van der Waals surface area contributed by atoms with Crippen LogP contribution in [0.3, 0.4) is 0 Å². The molecule has 0 aliphatic heterocycles. The highest BCUT2D eigenvalue weighted by Crippen LogP contribution is 2.13. The summed E-state index contributed by atoms with van der Waals surface area (Å²) >= 11 is 1.97. The maximum atomic E-state index is 10.9. The fourth-order valence-electron chi connectivity index (χ4n) is 1.81. The van der Waals surface area contributed by atoms with Gasteiger partial charge in [-0.05, 0) is 50.0 Å². The summed E-state index contributed by atoms with van der Waals surface area (Å²) in [4.78, 5) is 10.9. The van der Waals surface area contributed by atoms with E-state index in [-0.39, 0.29) is 11.8 Å². The van der Waals surface area contributed by atoms with Crippen LogP contribution in [-0.4, -0.2) is 28.5 Å². The van der Waals surface area contributed by atoms with Gasteiger partial charge in [0.05, 0.1) is 6.04 Å². The predicted molar refractivity (Wildman–Crippen MR) is 86.3 cm³/mol. The number of rotatable bonds is 12. The van der Waals surface area contributed by atoms with E-state index in [1.807, 2.05) is 11.8 Å². The van der Waals surface area contributed by atoms with Crippen LogP contribution < -0.4 is 5.73 Å². The number of Topliss-reactive ketones (excluding diaryl/α,β-unsaturated/α-hetero) is 1. The molecule has 1 atom stereocenters. The Bertz CT molecular complexity index is 267. The zero-order chi connectivity index (χ0) is 14.7. The van der Waals surface area contributed by atoms with Gasteiger partial charge < -0.3 is 11.1 Å². The van der Waals surface area contributed by atoms with Gasteiger partial charge in [0.2, 0.25) is 0 Å². The van der Waals surface area contributed by atoms with Crippen LogP contribution in [-0.2, 0) is 4.79 Å². The standard InChI is InChI=1S/C15H30N2OS/c1-12(2)19-11-7-9-14(16)8-5-4-6-10-15(17)13(3)18/h12,15-16H,4-11,17H2,1-3H3/t15-/m0/s1. The van der Waals surface area contributed by atoms with Crippen molar-refractivity contribution in [2.45, 2.75) is 77.0 Å². The zero-order valence-corrected chi connectivity index (χ0v) is 13.5. The first-order chi connectivity index (χ1) is 8.93. The third kappa shape index (κ3) is 12.4. The lowest BCUT2D eigenvalue weighted by Crippen LogP contribution is -2.27. The van der Waals surface area contributed by atoms with Gasteiger partial charge in [-0.1, -0.05) is 26.7 Å². The highest BCUT2D eigenvalue weighted by molar-refractivity contribution is 7.99. The minimum Gasteiger partial charge on any atom is -0.322 e. The van der Waals surface area contributed by atoms with E-state index in [0.717, 1.165) is 56.4 Å². The van der Waals surface area contributed by atoms with Crippen LogP contribution >= 0.6 is 11.8 Å². The monoisotopic (exact) mass is 286 g/mol. The van der Waals surface area contributed by atoms with E-state index in [4.69, 9.17) is 11.1 Å². The number of hydrogen-bond donors (Lipinski definition) is 2. The number of unbranched alkanes of at least 4 members (excludes halogenated alkanes) is 2. The Morgan fingerprint density at radius 3 is 2.37 bits per heavy atom. The quantitative estimate of drug-likeness (QED) is 0.423. The molecule has 0 radical (unpaired) electrons. The molecule has 0 aromatic carbocycles. The summed E-state index contributed by atoms with van der Waals surface area (Å²) in [5.41, 5.74) is 6.54. The van der Waals surface area contributed by atoms with Gasteiger partial charge in [-0.2, -0.15) is 11.8 Å². The number of carbonyl (C=O) groups excluding carboxylic acids is 1. The van der Waals surface area contributed by atoms with E-state index in [1.54, 1.807) is 6.92 Å². The molecule has 0 aliphatic carbocycles. The number of thioether (sulfide) groups is 1. The van der Waals surface area contributed by atoms with Crippen molar-refractivity contribution < 1.29 is 4.79 Å². The van der Waals surface area contributed by atoms with E-state index >= 15 is 0 Å². The number of nitrogens with two attached hydrogens (primary N) is 1. The van der Waals surface area contributed by atoms with Gasteiger partial charge in [0, 0.05) is 5.71 Å². The highest BCUT2D eigenvalue weighted by Gasteiger charge is 2.07. The average Bonchev–Trinajstić information content (AvgIpc) is 2.33. The summed E-state index contributed by atoms with van der Waals surface area (Å²) in [7, 11) is 0. The zero-order valence-electron chi connectivity index (χ0n) is 12.7. The van der Waals surface area contributed by atoms with E-state index in [9.17, 15) is 4.79 Å². The second-order valence-electron chi connectivity index (χ2n) is 5.44. The molecule has 0 fully saturated rings. The summed E-state index contributed by atoms with van der Waals surface area (Å²) in [6.07, 6.45) is 6.88. The molecule has 0 heterocycles. The molecule has 4 heteroatoms. The summed E-state index contributed by atoms with van der Waals surface area (Å²) in [5.74, 6) is 1.24. The minimum atomic E-state index is -0.285. The summed E-state index contributed by atoms with van der Waals surface area (Å²) in [6.45, 7) is 5.97. The maximum Gasteiger partial charge on any atom is 0.146 e. The largest absolute Gasteiger partial charge is 0.322 e. The first-order valence-electron chi connectivity index (χ1n) is 7.37. The van der Waals surface area contributed by atoms with Crippen molar-refractivity contribution in [3.8, 4) is 0 Å². The summed E-state index contributed by atoms with van der Waals surface area (Å²) in [6, 6.07) is -0.285. The molecule has 0 aliphatic rings. The van der Waals surface area contributed by atoms with E-state index in [0.29, 0.717) is 5.25 Å². The van der Waals surface area contributed by atoms with Crippen LogP contribution in [0.5, 0.6) is 0 Å². The van der Waals surface area contributed by atoms with Gasteiger partial charge in [0.1, 0.15) is 5.78 Å². The normalized spacial score (nSPS) is 12.7. The number of hydrogen-bond acceptors (Lipinski definition) is 4. The van der Waals surface area contributed by atoms with Crippen molar-refractivity contribution in [1.82, 2.24) is 0 Å². The molecule has 0 saturated carbocycles. The van der Waals surface area contributed by atoms with Crippen molar-refractivity contribution in [2.24, 2.45) is 5.73 Å². The van der Waals surface area contributed by atoms with Gasteiger partial charge in [0.25, 0.3) is 0 Å². The van der Waals surface area contributed by atoms with Crippen molar-refractivity contribution in [1.29, 1.82) is 5.41 Å². The molecular weight excluding hydrogens is 256 g/mol. The van der Waals surface area contributed by atoms with Crippen molar-refractivity contribution in [2.75, 3.05) is 5.75 Å². The van der Waals surface area contributed by atoms with Crippen LogP contribution in [0.4, 0.5) is 0 Å². The first kappa shape index (κ1) is 18.7. The molecule has 3 N–H and O–H groups in total. The fourth-order valence-corrected chi connectivity index (χ4v) is 2.59. The van der Waals surface area contributed by atoms with Crippen molar-refractivity contribution in [3.05, 3.63) is 0 Å². The third-order valence-corrected chi connectivity index (χ3v) is 4.28. The van der Waals surface area contributed by atoms with Crippen LogP contribution in [0, 0.1) is 5.41 Å². The van der Waals surface area contributed by atoms with Crippen molar-refractivity contribution in [3.63, 3.8) is 0 Å². The van der Waals surface area contributed by atoms with Crippen LogP contribution in [0.1, 0.15) is 65.7 Å². The molecule has 112 valence electrons. The fraction of sp³-hybridized carbons (Fsp3) is 0.867. The van der Waals surface area contributed by atoms with Gasteiger partial charge in [-0.15, -0.1) is 0 Å². The molecule has 3 nitrogen and oxygen atoms in total. The first-order valence-corrected chi connectivity index (χ1v) is 8.42. The second kappa shape index (κ2) is 11.5. The molecule has 0 bridgehead atoms. The Labute approximate surface area is 122 Å². The highest BCUT2D eigenvalue weighted by atomic mass is 32.2. The Morgan fingerprint density at radius 2 is 1.79 bits per heavy atom. The molecule has 0 aromatic rings.